The van der Waals surface area contributed by atoms with Gasteiger partial charge < -0.3 is 19.8 Å². The van der Waals surface area contributed by atoms with Crippen LogP contribution in [0.1, 0.15) is 48.9 Å². The second-order valence-electron chi connectivity index (χ2n) is 9.03. The molecule has 1 atom stereocenters. The number of ether oxygens (including phenoxy) is 1. The predicted molar refractivity (Wildman–Crippen MR) is 123 cm³/mol. The minimum Gasteiger partial charge on any atom is -0.381 e. The molecule has 0 aliphatic carbocycles. The number of aromatic nitrogens is 1. The van der Waals surface area contributed by atoms with E-state index in [0.717, 1.165) is 54.1 Å². The number of carbonyl (C=O) groups excluding carboxylic acids is 1. The topological polar surface area (TPSA) is 76.0 Å². The van der Waals surface area contributed by atoms with Gasteiger partial charge in [0.25, 0.3) is 0 Å². The molecule has 1 aromatic heterocycles. The third-order valence-corrected chi connectivity index (χ3v) is 6.41. The summed E-state index contributed by atoms with van der Waals surface area (Å²) in [4.78, 5) is 24.9. The summed E-state index contributed by atoms with van der Waals surface area (Å²) < 4.78 is 5.71. The monoisotopic (exact) mass is 432 g/mol. The maximum Gasteiger partial charge on any atom is 0.230 e. The number of piperidine rings is 1. The number of ketones is 1. The lowest BCUT2D eigenvalue weighted by molar-refractivity contribution is -0.128. The lowest BCUT2D eigenvalue weighted by atomic mass is 9.95. The molecule has 0 bridgehead atoms. The van der Waals surface area contributed by atoms with Crippen molar-refractivity contribution in [2.45, 2.75) is 51.5 Å². The van der Waals surface area contributed by atoms with E-state index in [2.05, 4.69) is 22.0 Å². The number of rotatable bonds is 5. The Bertz CT molecular complexity index is 1080. The van der Waals surface area contributed by atoms with Gasteiger partial charge in [0.05, 0.1) is 13.2 Å². The zero-order chi connectivity index (χ0) is 22.3. The van der Waals surface area contributed by atoms with E-state index < -0.39 is 5.60 Å². The van der Waals surface area contributed by atoms with Crippen LogP contribution in [0.4, 0.5) is 5.82 Å². The summed E-state index contributed by atoms with van der Waals surface area (Å²) in [5, 5.41) is 7.52. The first-order valence-corrected chi connectivity index (χ1v) is 11.1. The second-order valence-corrected chi connectivity index (χ2v) is 9.03. The van der Waals surface area contributed by atoms with E-state index in [1.54, 1.807) is 13.8 Å². The van der Waals surface area contributed by atoms with E-state index in [4.69, 9.17) is 14.6 Å². The van der Waals surface area contributed by atoms with E-state index >= 15 is 0 Å². The Morgan fingerprint density at radius 3 is 2.72 bits per heavy atom. The van der Waals surface area contributed by atoms with Crippen LogP contribution in [0.25, 0.3) is 5.70 Å². The first-order chi connectivity index (χ1) is 15.5. The van der Waals surface area contributed by atoms with Crippen molar-refractivity contribution in [3.05, 3.63) is 65.4 Å². The smallest absolute Gasteiger partial charge is 0.230 e. The van der Waals surface area contributed by atoms with Crippen molar-refractivity contribution in [3.63, 3.8) is 0 Å². The number of Topliss-reactive ketones (excluding diaryl/α,β-unsaturated/α-hetero) is 1. The lowest BCUT2D eigenvalue weighted by Crippen LogP contribution is -2.45. The van der Waals surface area contributed by atoms with E-state index in [0.29, 0.717) is 18.9 Å². The third kappa shape index (κ3) is 3.61. The van der Waals surface area contributed by atoms with Crippen LogP contribution >= 0.6 is 0 Å². The number of nitrogens with one attached hydrogen (secondary N) is 1. The van der Waals surface area contributed by atoms with Crippen LogP contribution in [0.5, 0.6) is 0 Å². The second kappa shape index (κ2) is 8.15. The summed E-state index contributed by atoms with van der Waals surface area (Å²) in [5.74, 6) is 0.816. The number of hydrogen-bond acceptors (Lipinski definition) is 7. The number of nitrogens with zero attached hydrogens (tertiary/aromatic N) is 3. The van der Waals surface area contributed by atoms with Gasteiger partial charge in [-0.2, -0.15) is 0 Å². The number of hydrogen-bond donors (Lipinski definition) is 1. The summed E-state index contributed by atoms with van der Waals surface area (Å²) in [6.45, 7) is 11.0. The van der Waals surface area contributed by atoms with Crippen LogP contribution in [-0.2, 0) is 27.6 Å². The molecule has 1 fully saturated rings. The number of benzene rings is 1. The highest BCUT2D eigenvalue weighted by atomic mass is 16.7. The Hall–Kier alpha value is -3.03. The molecule has 1 saturated heterocycles. The number of pyridine rings is 1. The minimum atomic E-state index is -0.913. The fourth-order valence-electron chi connectivity index (χ4n) is 4.53. The van der Waals surface area contributed by atoms with Crippen molar-refractivity contribution in [3.8, 4) is 0 Å². The fourth-order valence-corrected chi connectivity index (χ4v) is 4.53. The van der Waals surface area contributed by atoms with Gasteiger partial charge >= 0.3 is 0 Å². The average Bonchev–Trinajstić information content (AvgIpc) is 3.40. The molecule has 5 rings (SSSR count). The Kier molecular flexibility index (Phi) is 5.31. The Labute approximate surface area is 188 Å². The lowest BCUT2D eigenvalue weighted by Gasteiger charge is -2.37. The summed E-state index contributed by atoms with van der Waals surface area (Å²) >= 11 is 0. The van der Waals surface area contributed by atoms with Crippen LogP contribution in [0.3, 0.4) is 0 Å². The van der Waals surface area contributed by atoms with Gasteiger partial charge in [-0.25, -0.2) is 4.98 Å². The molecule has 0 spiro atoms. The summed E-state index contributed by atoms with van der Waals surface area (Å²) in [6, 6.07) is 10.1. The van der Waals surface area contributed by atoms with Gasteiger partial charge in [-0.1, -0.05) is 36.0 Å². The Morgan fingerprint density at radius 2 is 2.03 bits per heavy atom. The number of anilines is 1. The first kappa shape index (κ1) is 20.8. The summed E-state index contributed by atoms with van der Waals surface area (Å²) in [6.07, 6.45) is 4.03. The Balaban J connectivity index is 1.47. The molecule has 7 heteroatoms. The normalized spacial score (nSPS) is 21.6. The van der Waals surface area contributed by atoms with Crippen molar-refractivity contribution >= 4 is 23.0 Å². The molecule has 3 aliphatic heterocycles. The van der Waals surface area contributed by atoms with E-state index in [-0.39, 0.29) is 11.8 Å². The largest absolute Gasteiger partial charge is 0.381 e. The molecule has 1 aromatic carbocycles. The van der Waals surface area contributed by atoms with Crippen molar-refractivity contribution in [2.24, 2.45) is 5.16 Å². The van der Waals surface area contributed by atoms with Crippen LogP contribution < -0.4 is 10.2 Å². The van der Waals surface area contributed by atoms with Gasteiger partial charge in [-0.3, -0.25) is 4.79 Å². The highest BCUT2D eigenvalue weighted by Gasteiger charge is 2.40. The van der Waals surface area contributed by atoms with Crippen LogP contribution in [0.15, 0.2) is 48.3 Å². The highest BCUT2D eigenvalue weighted by molar-refractivity contribution is 6.49. The molecule has 32 heavy (non-hydrogen) atoms. The average molecular weight is 433 g/mol. The number of carbonyl (C=O) groups is 1. The third-order valence-electron chi connectivity index (χ3n) is 6.41. The molecular formula is C25H28N4O3. The maximum atomic E-state index is 12.5. The Morgan fingerprint density at radius 1 is 1.22 bits per heavy atom. The van der Waals surface area contributed by atoms with Gasteiger partial charge in [0.2, 0.25) is 5.78 Å². The van der Waals surface area contributed by atoms with Gasteiger partial charge in [-0.05, 0) is 50.4 Å². The molecular weight excluding hydrogens is 404 g/mol. The van der Waals surface area contributed by atoms with Gasteiger partial charge in [0, 0.05) is 35.6 Å². The van der Waals surface area contributed by atoms with Gasteiger partial charge in [-0.15, -0.1) is 0 Å². The molecule has 0 amide bonds. The molecule has 2 aromatic rings. The zero-order valence-electron chi connectivity index (χ0n) is 18.6. The molecule has 7 nitrogen and oxygen atoms in total. The van der Waals surface area contributed by atoms with Crippen LogP contribution in [0, 0.1) is 0 Å². The molecule has 3 aliphatic rings. The molecule has 0 saturated carbocycles. The minimum absolute atomic E-state index is 0.108. The van der Waals surface area contributed by atoms with Gasteiger partial charge in [0.1, 0.15) is 5.82 Å². The highest BCUT2D eigenvalue weighted by Crippen LogP contribution is 2.35. The predicted octanol–water partition coefficient (Wildman–Crippen LogP) is 3.42. The number of fused-ring (bicyclic) bond motifs is 1. The molecule has 166 valence electrons. The molecule has 1 N–H and O–H groups in total. The first-order valence-electron chi connectivity index (χ1n) is 11.1. The summed E-state index contributed by atoms with van der Waals surface area (Å²) in [7, 11) is 0. The molecule has 0 radical (unpaired) electrons. The maximum absolute atomic E-state index is 12.5. The van der Waals surface area contributed by atoms with Crippen molar-refractivity contribution in [2.75, 3.05) is 18.0 Å². The van der Waals surface area contributed by atoms with E-state index in [9.17, 15) is 4.79 Å². The standard InChI is InChI=1S/C25H28N4O3/c1-16(17-6-8-18(9-7-17)22-23(30)25(2,3)32-28-22)29(20-5-4-11-26-13-20)24-21-15-31-14-19(21)10-12-27-24/h6-10,12,20,26H,1,4-5,11,13-15H2,2-3H3. The number of oxime groups is 1. The van der Waals surface area contributed by atoms with Crippen LogP contribution in [0.2, 0.25) is 0 Å². The molecule has 4 heterocycles. The van der Waals surface area contributed by atoms with Gasteiger partial charge in [0.15, 0.2) is 11.3 Å². The SMILES string of the molecule is C=C(c1ccc(C2=NOC(C)(C)C2=O)cc1)N(c1nccc2c1COC2)C1CCCNC1. The quantitative estimate of drug-likeness (QED) is 0.780. The van der Waals surface area contributed by atoms with Crippen molar-refractivity contribution < 1.29 is 14.4 Å². The van der Waals surface area contributed by atoms with Crippen LogP contribution in [-0.4, -0.2) is 41.2 Å². The van der Waals surface area contributed by atoms with Crippen molar-refractivity contribution in [1.82, 2.24) is 10.3 Å². The van der Waals surface area contributed by atoms with E-state index in [1.165, 1.54) is 5.56 Å². The zero-order valence-corrected chi connectivity index (χ0v) is 18.6. The van der Waals surface area contributed by atoms with Crippen molar-refractivity contribution in [1.29, 1.82) is 0 Å². The van der Waals surface area contributed by atoms with E-state index in [1.807, 2.05) is 36.5 Å². The molecule has 1 unspecified atom stereocenters. The fraction of sp³-hybridized carbons (Fsp3) is 0.400. The summed E-state index contributed by atoms with van der Waals surface area (Å²) in [5.41, 5.74) is 4.38.